The highest BCUT2D eigenvalue weighted by atomic mass is 19.4. The van der Waals surface area contributed by atoms with Crippen LogP contribution < -0.4 is 10.2 Å². The number of rotatable bonds is 5. The van der Waals surface area contributed by atoms with Crippen LogP contribution >= 0.6 is 0 Å². The van der Waals surface area contributed by atoms with E-state index in [2.05, 4.69) is 27.2 Å². The lowest BCUT2D eigenvalue weighted by Crippen LogP contribution is -2.45. The lowest BCUT2D eigenvalue weighted by Gasteiger charge is -2.35. The van der Waals surface area contributed by atoms with Gasteiger partial charge in [0.05, 0.1) is 0 Å². The van der Waals surface area contributed by atoms with E-state index in [0.29, 0.717) is 0 Å². The number of anilines is 1. The first-order chi connectivity index (χ1) is 11.5. The fourth-order valence-electron chi connectivity index (χ4n) is 3.74. The molecule has 0 bridgehead atoms. The van der Waals surface area contributed by atoms with Gasteiger partial charge in [-0.05, 0) is 37.0 Å². The Bertz CT molecular complexity index is 503. The molecule has 2 saturated heterocycles. The number of nitrogens with zero attached hydrogens (tertiary/aromatic N) is 2. The molecule has 0 aromatic heterocycles. The summed E-state index contributed by atoms with van der Waals surface area (Å²) in [4.78, 5) is 4.53. The van der Waals surface area contributed by atoms with Gasteiger partial charge in [-0.1, -0.05) is 12.1 Å². The van der Waals surface area contributed by atoms with Gasteiger partial charge in [-0.15, -0.1) is 0 Å². The Hall–Kier alpha value is -1.27. The number of benzene rings is 1. The molecule has 0 spiro atoms. The summed E-state index contributed by atoms with van der Waals surface area (Å²) in [5.41, 5.74) is 2.19. The minimum Gasteiger partial charge on any atom is -0.372 e. The molecule has 0 unspecified atom stereocenters. The van der Waals surface area contributed by atoms with Gasteiger partial charge in [0.25, 0.3) is 0 Å². The molecule has 2 heterocycles. The first-order valence-corrected chi connectivity index (χ1v) is 8.89. The van der Waals surface area contributed by atoms with Crippen LogP contribution in [-0.2, 0) is 0 Å². The Balaban J connectivity index is 1.73. The molecule has 0 aliphatic carbocycles. The minimum absolute atomic E-state index is 0.132. The van der Waals surface area contributed by atoms with E-state index in [9.17, 15) is 13.2 Å². The van der Waals surface area contributed by atoms with Crippen LogP contribution in [0, 0.1) is 0 Å². The minimum atomic E-state index is -4.10. The third-order valence-electron chi connectivity index (χ3n) is 5.04. The Labute approximate surface area is 141 Å². The lowest BCUT2D eigenvalue weighted by atomic mass is 9.99. The highest BCUT2D eigenvalue weighted by Gasteiger charge is 2.31. The normalized spacial score (nSPS) is 21.2. The van der Waals surface area contributed by atoms with E-state index in [1.165, 1.54) is 18.5 Å². The topological polar surface area (TPSA) is 18.5 Å². The van der Waals surface area contributed by atoms with Gasteiger partial charge in [-0.2, -0.15) is 13.2 Å². The number of hydrogen-bond donors (Lipinski definition) is 1. The fraction of sp³-hybridized carbons (Fsp3) is 0.667. The second-order valence-corrected chi connectivity index (χ2v) is 6.74. The van der Waals surface area contributed by atoms with E-state index in [4.69, 9.17) is 0 Å². The van der Waals surface area contributed by atoms with Gasteiger partial charge in [-0.25, -0.2) is 0 Å². The zero-order valence-electron chi connectivity index (χ0n) is 14.0. The van der Waals surface area contributed by atoms with Crippen LogP contribution in [0.1, 0.15) is 37.3 Å². The van der Waals surface area contributed by atoms with Crippen molar-refractivity contribution in [2.45, 2.75) is 37.9 Å². The van der Waals surface area contributed by atoms with Crippen molar-refractivity contribution in [2.24, 2.45) is 0 Å². The highest BCUT2D eigenvalue weighted by molar-refractivity contribution is 5.48. The van der Waals surface area contributed by atoms with Crippen molar-refractivity contribution in [1.82, 2.24) is 10.2 Å². The lowest BCUT2D eigenvalue weighted by molar-refractivity contribution is -0.138. The molecule has 0 amide bonds. The largest absolute Gasteiger partial charge is 0.389 e. The maximum Gasteiger partial charge on any atom is 0.389 e. The molecule has 3 nitrogen and oxygen atoms in total. The molecule has 24 heavy (non-hydrogen) atoms. The molecule has 1 aromatic carbocycles. The summed E-state index contributed by atoms with van der Waals surface area (Å²) in [6.45, 7) is 5.44. The number of piperazine rings is 1. The predicted molar refractivity (Wildman–Crippen MR) is 90.4 cm³/mol. The summed E-state index contributed by atoms with van der Waals surface area (Å²) < 4.78 is 38.2. The van der Waals surface area contributed by atoms with Crippen LogP contribution in [0.3, 0.4) is 0 Å². The van der Waals surface area contributed by atoms with Gasteiger partial charge in [-0.3, -0.25) is 4.90 Å². The Morgan fingerprint density at radius 2 is 1.58 bits per heavy atom. The zero-order valence-corrected chi connectivity index (χ0v) is 14.0. The highest BCUT2D eigenvalue weighted by Crippen LogP contribution is 2.33. The third-order valence-corrected chi connectivity index (χ3v) is 5.04. The van der Waals surface area contributed by atoms with Gasteiger partial charge < -0.3 is 10.2 Å². The molecule has 2 fully saturated rings. The molecule has 2 aliphatic rings. The van der Waals surface area contributed by atoms with Crippen LogP contribution in [0.25, 0.3) is 0 Å². The first kappa shape index (κ1) is 17.5. The first-order valence-electron chi connectivity index (χ1n) is 8.89. The van der Waals surface area contributed by atoms with E-state index in [1.54, 1.807) is 0 Å². The molecule has 3 rings (SSSR count). The molecular weight excluding hydrogens is 315 g/mol. The molecule has 1 atom stereocenters. The molecule has 0 radical (unpaired) electrons. The average Bonchev–Trinajstić information content (AvgIpc) is 3.10. The van der Waals surface area contributed by atoms with E-state index in [0.717, 1.165) is 44.8 Å². The van der Waals surface area contributed by atoms with Gasteiger partial charge in [0.15, 0.2) is 0 Å². The summed E-state index contributed by atoms with van der Waals surface area (Å²) in [7, 11) is 0. The van der Waals surface area contributed by atoms with Crippen LogP contribution in [0.5, 0.6) is 0 Å². The summed E-state index contributed by atoms with van der Waals surface area (Å²) in [6.07, 6.45) is -2.25. The van der Waals surface area contributed by atoms with E-state index in [-0.39, 0.29) is 12.5 Å². The number of alkyl halides is 3. The van der Waals surface area contributed by atoms with E-state index >= 15 is 0 Å². The Kier molecular flexibility index (Phi) is 5.66. The van der Waals surface area contributed by atoms with Crippen molar-refractivity contribution >= 4 is 5.69 Å². The fourth-order valence-corrected chi connectivity index (χ4v) is 3.74. The second-order valence-electron chi connectivity index (χ2n) is 6.74. The van der Waals surface area contributed by atoms with Gasteiger partial charge in [0, 0.05) is 57.4 Å². The van der Waals surface area contributed by atoms with Crippen molar-refractivity contribution < 1.29 is 13.2 Å². The molecule has 2 aliphatic heterocycles. The molecule has 1 N–H and O–H groups in total. The molecule has 134 valence electrons. The second kappa shape index (κ2) is 7.74. The quantitative estimate of drug-likeness (QED) is 0.883. The van der Waals surface area contributed by atoms with Gasteiger partial charge >= 0.3 is 6.18 Å². The Morgan fingerprint density at radius 3 is 2.17 bits per heavy atom. The summed E-state index contributed by atoms with van der Waals surface area (Å²) in [5, 5.41) is 3.27. The van der Waals surface area contributed by atoms with Crippen molar-refractivity contribution in [2.75, 3.05) is 44.2 Å². The van der Waals surface area contributed by atoms with Crippen LogP contribution in [0.2, 0.25) is 0 Å². The van der Waals surface area contributed by atoms with Crippen molar-refractivity contribution in [3.8, 4) is 0 Å². The number of halogens is 3. The third kappa shape index (κ3) is 4.63. The van der Waals surface area contributed by atoms with Crippen molar-refractivity contribution in [1.29, 1.82) is 0 Å². The molecule has 0 saturated carbocycles. The van der Waals surface area contributed by atoms with Crippen LogP contribution in [-0.4, -0.2) is 50.3 Å². The van der Waals surface area contributed by atoms with Crippen LogP contribution in [0.15, 0.2) is 24.3 Å². The van der Waals surface area contributed by atoms with Crippen molar-refractivity contribution in [3.05, 3.63) is 29.8 Å². The molecule has 6 heteroatoms. The predicted octanol–water partition coefficient (Wildman–Crippen LogP) is 3.58. The van der Waals surface area contributed by atoms with Crippen molar-refractivity contribution in [3.63, 3.8) is 0 Å². The SMILES string of the molecule is FC(F)(F)CC[C@H](c1ccc(N2CCCC2)cc1)N1CCNCC1. The summed E-state index contributed by atoms with van der Waals surface area (Å²) in [6, 6.07) is 8.04. The monoisotopic (exact) mass is 341 g/mol. The average molecular weight is 341 g/mol. The zero-order chi connectivity index (χ0) is 17.0. The summed E-state index contributed by atoms with van der Waals surface area (Å²) in [5.74, 6) is 0. The molecule has 1 aromatic rings. The van der Waals surface area contributed by atoms with Gasteiger partial charge in [0.2, 0.25) is 0 Å². The van der Waals surface area contributed by atoms with Gasteiger partial charge in [0.1, 0.15) is 0 Å². The summed E-state index contributed by atoms with van der Waals surface area (Å²) >= 11 is 0. The number of hydrogen-bond acceptors (Lipinski definition) is 3. The van der Waals surface area contributed by atoms with Crippen LogP contribution in [0.4, 0.5) is 18.9 Å². The standard InChI is InChI=1S/C18H26F3N3/c19-18(20,21)8-7-17(24-13-9-22-10-14-24)15-3-5-16(6-4-15)23-11-1-2-12-23/h3-6,17,22H,1-2,7-14H2/t17-/m1/s1. The Morgan fingerprint density at radius 1 is 0.958 bits per heavy atom. The van der Waals surface area contributed by atoms with E-state index in [1.807, 2.05) is 12.1 Å². The maximum atomic E-state index is 12.7. The van der Waals surface area contributed by atoms with E-state index < -0.39 is 12.6 Å². The maximum absolute atomic E-state index is 12.7. The smallest absolute Gasteiger partial charge is 0.372 e. The molecular formula is C18H26F3N3. The number of nitrogens with one attached hydrogen (secondary N) is 1.